The Bertz CT molecular complexity index is 1540. The number of nitrogens with one attached hydrogen (secondary N) is 1. The number of halogens is 3. The smallest absolute Gasteiger partial charge is 0.478 e. The fourth-order valence-corrected chi connectivity index (χ4v) is 6.25. The zero-order valence-electron chi connectivity index (χ0n) is 21.7. The van der Waals surface area contributed by atoms with Crippen LogP contribution >= 0.6 is 30.1 Å². The molecule has 0 saturated carbocycles. The Hall–Kier alpha value is -3.11. The molecule has 228 valence electrons. The number of hydrogen-bond acceptors (Lipinski definition) is 12. The van der Waals surface area contributed by atoms with Gasteiger partial charge in [0.25, 0.3) is 12.0 Å². The summed E-state index contributed by atoms with van der Waals surface area (Å²) >= 11 is 5.92. The molecule has 18 heteroatoms. The van der Waals surface area contributed by atoms with Gasteiger partial charge in [0.1, 0.15) is 40.2 Å². The van der Waals surface area contributed by atoms with Crippen molar-refractivity contribution in [2.75, 3.05) is 20.8 Å². The summed E-state index contributed by atoms with van der Waals surface area (Å²) in [6.45, 7) is -5.87. The molecule has 1 aliphatic heterocycles. The molecule has 3 aromatic rings. The highest BCUT2D eigenvalue weighted by Crippen LogP contribution is 2.61. The van der Waals surface area contributed by atoms with Crippen LogP contribution in [0.5, 0.6) is 23.0 Å². The molecule has 2 aromatic carbocycles. The quantitative estimate of drug-likeness (QED) is 0.193. The summed E-state index contributed by atoms with van der Waals surface area (Å²) in [5.41, 5.74) is -5.16. The highest BCUT2D eigenvalue weighted by atomic mass is 35.5. The van der Waals surface area contributed by atoms with Gasteiger partial charge in [0.2, 0.25) is 0 Å². The molecule has 1 aliphatic rings. The number of hydrogen-bond donors (Lipinski definition) is 3. The number of methoxy groups -OCH3 is 2. The standard InChI is InChI=1S/C24H24ClF2N2O11PS/c1-35-13-3-7-15(8-4-13)39-41(34,42-40-16-9-5-14(36-2)6-10-16)37-12-24(22(26)27)19(31)18(30)21(38-24)29-11-17(25)20(32)28-23(29)33/h3-11,18-19,21-22,30-31H,12H2,1-2H3,(H,28,32,33)/t18-,19+,21-,24-,41?/m1/s1. The summed E-state index contributed by atoms with van der Waals surface area (Å²) in [7, 11) is 2.88. The summed E-state index contributed by atoms with van der Waals surface area (Å²) in [5, 5.41) is 20.7. The van der Waals surface area contributed by atoms with Crippen LogP contribution in [0, 0.1) is 0 Å². The molecule has 5 atom stereocenters. The molecule has 0 spiro atoms. The fraction of sp³-hybridized carbons (Fsp3) is 0.333. The van der Waals surface area contributed by atoms with Crippen molar-refractivity contribution >= 4 is 30.1 Å². The molecule has 0 amide bonds. The number of rotatable bonds is 12. The summed E-state index contributed by atoms with van der Waals surface area (Å²) < 4.78 is 75.1. The van der Waals surface area contributed by atoms with Crippen molar-refractivity contribution in [1.82, 2.24) is 9.55 Å². The minimum Gasteiger partial charge on any atom is -0.497 e. The van der Waals surface area contributed by atoms with E-state index in [9.17, 15) is 33.1 Å². The molecular formula is C24H24ClF2N2O11PS. The second-order valence-corrected chi connectivity index (χ2v) is 12.5. The number of alkyl halides is 2. The third-order valence-electron chi connectivity index (χ3n) is 6.03. The molecule has 0 aliphatic carbocycles. The first-order chi connectivity index (χ1) is 19.9. The number of H-pyrrole nitrogens is 1. The lowest BCUT2D eigenvalue weighted by molar-refractivity contribution is -0.192. The zero-order valence-corrected chi connectivity index (χ0v) is 24.2. The van der Waals surface area contributed by atoms with Crippen LogP contribution in [-0.2, 0) is 13.8 Å². The number of nitrogens with zero attached hydrogens (tertiary/aromatic N) is 1. The highest BCUT2D eigenvalue weighted by molar-refractivity contribution is 8.52. The van der Waals surface area contributed by atoms with Crippen molar-refractivity contribution in [3.63, 3.8) is 0 Å². The Morgan fingerprint density at radius 2 is 1.60 bits per heavy atom. The molecule has 1 unspecified atom stereocenters. The minimum absolute atomic E-state index is 0.0173. The van der Waals surface area contributed by atoms with Gasteiger partial charge in [-0.25, -0.2) is 18.1 Å². The van der Waals surface area contributed by atoms with Gasteiger partial charge in [0.15, 0.2) is 23.5 Å². The summed E-state index contributed by atoms with van der Waals surface area (Å²) in [4.78, 5) is 25.7. The van der Waals surface area contributed by atoms with Gasteiger partial charge >= 0.3 is 12.5 Å². The molecule has 13 nitrogen and oxygen atoms in total. The van der Waals surface area contributed by atoms with E-state index in [4.69, 9.17) is 39.0 Å². The highest BCUT2D eigenvalue weighted by Gasteiger charge is 2.61. The number of aliphatic hydroxyl groups is 2. The van der Waals surface area contributed by atoms with E-state index < -0.39 is 60.1 Å². The lowest BCUT2D eigenvalue weighted by Crippen LogP contribution is -2.52. The lowest BCUT2D eigenvalue weighted by atomic mass is 9.96. The van der Waals surface area contributed by atoms with Crippen LogP contribution < -0.4 is 29.4 Å². The van der Waals surface area contributed by atoms with E-state index in [0.29, 0.717) is 16.1 Å². The van der Waals surface area contributed by atoms with Crippen molar-refractivity contribution in [2.45, 2.75) is 30.5 Å². The molecule has 3 N–H and O–H groups in total. The maximum Gasteiger partial charge on any atom is 0.478 e. The topological polar surface area (TPSA) is 168 Å². The maximum atomic E-state index is 14.5. The van der Waals surface area contributed by atoms with E-state index in [1.54, 1.807) is 12.1 Å². The Balaban J connectivity index is 1.61. The second-order valence-electron chi connectivity index (χ2n) is 8.66. The molecule has 1 saturated heterocycles. The van der Waals surface area contributed by atoms with Gasteiger partial charge in [-0.15, -0.1) is 0 Å². The monoisotopic (exact) mass is 652 g/mol. The molecule has 4 rings (SSSR count). The summed E-state index contributed by atoms with van der Waals surface area (Å²) in [6, 6.07) is 11.8. The molecule has 0 radical (unpaired) electrons. The van der Waals surface area contributed by atoms with Gasteiger partial charge in [-0.05, 0) is 48.5 Å². The van der Waals surface area contributed by atoms with E-state index in [1.807, 2.05) is 4.98 Å². The molecule has 1 fully saturated rings. The minimum atomic E-state index is -4.57. The summed E-state index contributed by atoms with van der Waals surface area (Å²) in [6.07, 6.45) is -9.25. The normalized spacial score (nSPS) is 23.4. The zero-order chi connectivity index (χ0) is 30.7. The van der Waals surface area contributed by atoms with Gasteiger partial charge in [0.05, 0.1) is 20.8 Å². The molecule has 1 aromatic heterocycles. The van der Waals surface area contributed by atoms with Gasteiger partial charge in [0, 0.05) is 6.20 Å². The van der Waals surface area contributed by atoms with Crippen molar-refractivity contribution in [2.24, 2.45) is 0 Å². The van der Waals surface area contributed by atoms with Crippen molar-refractivity contribution in [1.29, 1.82) is 0 Å². The van der Waals surface area contributed by atoms with Gasteiger partial charge in [-0.3, -0.25) is 18.9 Å². The second kappa shape index (κ2) is 13.0. The average molecular weight is 653 g/mol. The van der Waals surface area contributed by atoms with Crippen LogP contribution in [0.4, 0.5) is 8.78 Å². The van der Waals surface area contributed by atoms with Crippen LogP contribution in [0.25, 0.3) is 0 Å². The Morgan fingerprint density at radius 3 is 2.14 bits per heavy atom. The predicted octanol–water partition coefficient (Wildman–Crippen LogP) is 3.39. The first-order valence-corrected chi connectivity index (χ1v) is 15.1. The van der Waals surface area contributed by atoms with E-state index in [2.05, 4.69) is 0 Å². The predicted molar refractivity (Wildman–Crippen MR) is 146 cm³/mol. The number of ether oxygens (including phenoxy) is 3. The molecule has 0 bridgehead atoms. The van der Waals surface area contributed by atoms with Crippen molar-refractivity contribution in [3.05, 3.63) is 80.6 Å². The first kappa shape index (κ1) is 31.8. The lowest BCUT2D eigenvalue weighted by Gasteiger charge is -2.31. The van der Waals surface area contributed by atoms with Gasteiger partial charge in [-0.2, -0.15) is 0 Å². The van der Waals surface area contributed by atoms with Crippen LogP contribution in [0.15, 0.2) is 64.3 Å². The number of aromatic amines is 1. The Kier molecular flexibility index (Phi) is 9.88. The van der Waals surface area contributed by atoms with Crippen molar-refractivity contribution < 1.29 is 51.0 Å². The van der Waals surface area contributed by atoms with Crippen LogP contribution in [0.2, 0.25) is 5.02 Å². The van der Waals surface area contributed by atoms with Crippen LogP contribution in [0.3, 0.4) is 0 Å². The fourth-order valence-electron chi connectivity index (χ4n) is 3.77. The van der Waals surface area contributed by atoms with E-state index in [0.717, 1.165) is 6.20 Å². The summed E-state index contributed by atoms with van der Waals surface area (Å²) in [5.74, 6) is 1.10. The van der Waals surface area contributed by atoms with Gasteiger partial charge < -0.3 is 33.1 Å². The number of benzene rings is 2. The maximum absolute atomic E-state index is 14.5. The molecule has 42 heavy (non-hydrogen) atoms. The van der Waals surface area contributed by atoms with E-state index >= 15 is 0 Å². The van der Waals surface area contributed by atoms with Gasteiger partial charge in [-0.1, -0.05) is 11.6 Å². The number of aromatic nitrogens is 2. The van der Waals surface area contributed by atoms with Crippen LogP contribution in [0.1, 0.15) is 6.23 Å². The molecular weight excluding hydrogens is 629 g/mol. The third-order valence-corrected chi connectivity index (χ3v) is 8.94. The van der Waals surface area contributed by atoms with Crippen molar-refractivity contribution in [3.8, 4) is 23.0 Å². The largest absolute Gasteiger partial charge is 0.497 e. The SMILES string of the molecule is COc1ccc(OSP(=O)(OC[C@@]2(C(F)F)O[C@@H](n3cc(Cl)c(=O)[nH]c3=O)[C@H](O)[C@@H]2O)Oc2ccc(OC)cc2)cc1. The first-order valence-electron chi connectivity index (χ1n) is 11.8. The Labute approximate surface area is 245 Å². The average Bonchev–Trinajstić information content (AvgIpc) is 3.24. The number of aliphatic hydroxyl groups excluding tert-OH is 2. The van der Waals surface area contributed by atoms with E-state index in [1.165, 1.54) is 50.6 Å². The Morgan fingerprint density at radius 1 is 1.05 bits per heavy atom. The third kappa shape index (κ3) is 6.75. The van der Waals surface area contributed by atoms with E-state index in [-0.39, 0.29) is 23.2 Å². The molecule has 2 heterocycles. The van der Waals surface area contributed by atoms with Crippen LogP contribution in [-0.4, -0.2) is 64.8 Å².